The number of guanidine groups is 2. The van der Waals surface area contributed by atoms with Crippen molar-refractivity contribution < 1.29 is 125 Å². The predicted octanol–water partition coefficient (Wildman–Crippen LogP) is -12.1. The number of phosphoric ester groups is 2. The number of amidine groups is 2. The van der Waals surface area contributed by atoms with E-state index < -0.39 is 114 Å². The first-order valence-corrected chi connectivity index (χ1v) is 16.1. The second-order valence-electron chi connectivity index (χ2n) is 10.4. The number of fused-ring (bicyclic) bond motifs is 4. The van der Waals surface area contributed by atoms with Gasteiger partial charge in [0.25, 0.3) is 27.5 Å². The predicted molar refractivity (Wildman–Crippen MR) is 143 cm³/mol. The van der Waals surface area contributed by atoms with Crippen LogP contribution in [0.5, 0.6) is 0 Å². The van der Waals surface area contributed by atoms with Gasteiger partial charge in [0.05, 0.1) is 25.9 Å². The van der Waals surface area contributed by atoms with Crippen LogP contribution in [0, 0.1) is 0 Å². The van der Waals surface area contributed by atoms with Crippen LogP contribution in [0.15, 0.2) is 30.0 Å². The number of hydrogen-bond donors (Lipinski definition) is 4. The number of phosphoric acid groups is 2. The average molecular weight is 734 g/mol. The summed E-state index contributed by atoms with van der Waals surface area (Å²) >= 11 is 0. The van der Waals surface area contributed by atoms with Crippen LogP contribution in [-0.2, 0) is 46.3 Å². The molecule has 7 aliphatic heterocycles. The number of carbonyl (C=O) groups is 2. The molecule has 28 heteroatoms. The first-order chi connectivity index (χ1) is 21.7. The number of rotatable bonds is 2. The fraction of sp³-hybridized carbons (Fsp3) is 0.600. The van der Waals surface area contributed by atoms with Gasteiger partial charge in [-0.3, -0.25) is 38.5 Å². The van der Waals surface area contributed by atoms with Crippen molar-refractivity contribution in [1.82, 2.24) is 9.80 Å². The molecule has 2 amide bonds. The Balaban J connectivity index is 0.00000225. The Bertz CT molecular complexity index is 1550. The van der Waals surface area contributed by atoms with Crippen LogP contribution >= 0.6 is 15.6 Å². The summed E-state index contributed by atoms with van der Waals surface area (Å²) in [7, 11) is -10.7. The van der Waals surface area contributed by atoms with Crippen LogP contribution in [0.1, 0.15) is 0 Å². The second-order valence-corrected chi connectivity index (χ2v) is 13.2. The molecule has 12 atom stereocenters. The smallest absolute Gasteiger partial charge is 0.756 e. The van der Waals surface area contributed by atoms with Gasteiger partial charge < -0.3 is 59.0 Å². The van der Waals surface area contributed by atoms with Crippen LogP contribution in [-0.4, -0.2) is 142 Å². The van der Waals surface area contributed by atoms with Crippen molar-refractivity contribution in [3.05, 3.63) is 0 Å². The Kier molecular flexibility index (Phi) is 11.0. The summed E-state index contributed by atoms with van der Waals surface area (Å²) in [6.07, 6.45) is -11.4. The van der Waals surface area contributed by atoms with Gasteiger partial charge >= 0.3 is 59.1 Å². The number of amides is 2. The molecule has 4 unspecified atom stereocenters. The summed E-state index contributed by atoms with van der Waals surface area (Å²) in [5.74, 6) is -2.51. The maximum absolute atomic E-state index is 13.0. The molecular weight excluding hydrogens is 712 g/mol. The summed E-state index contributed by atoms with van der Waals surface area (Å²) in [6.45, 7) is -1.92. The number of nitrogens with two attached hydrogens (primary N) is 2. The van der Waals surface area contributed by atoms with Crippen LogP contribution < -0.4 is 80.4 Å². The number of ether oxygens (including phenoxy) is 2. The third-order valence-corrected chi connectivity index (χ3v) is 9.47. The molecule has 0 aromatic rings. The average Bonchev–Trinajstić information content (AvgIpc) is 3.72. The van der Waals surface area contributed by atoms with Crippen molar-refractivity contribution in [2.24, 2.45) is 41.4 Å². The first-order valence-electron chi connectivity index (χ1n) is 13.2. The Labute approximate surface area is 312 Å². The molecule has 3 fully saturated rings. The van der Waals surface area contributed by atoms with Crippen molar-refractivity contribution in [2.75, 3.05) is 13.2 Å². The quantitative estimate of drug-likeness (QED) is 0.151. The maximum Gasteiger partial charge on any atom is 1.00 e. The number of aliphatic imine (C=N–C) groups is 6. The van der Waals surface area contributed by atoms with Crippen LogP contribution in [0.4, 0.5) is 0 Å². The Morgan fingerprint density at radius 2 is 1.10 bits per heavy atom. The molecule has 0 bridgehead atoms. The first kappa shape index (κ1) is 37.9. The number of aliphatic hydroxyl groups excluding tert-OH is 2. The number of aliphatic hydroxyl groups is 2. The molecule has 7 heterocycles. The SMILES string of the molecule is NC1=NC(=O)C2N=CN([C@@H]3O[C@@H]4COP(=O)([O-])O[C@H]5[C@@H](O)[C@H](N6C=NC7C(=O)N=C(N)N=C76)O[C@@H]5COP(=O)([O-])O[C@H]4[C@H]3O)C2=N1.[Na+].[Na+]. The number of carbonyl (C=O) groups excluding carboxylic acids is 2. The summed E-state index contributed by atoms with van der Waals surface area (Å²) in [5, 5.41) is 22.1. The molecule has 24 nitrogen and oxygen atoms in total. The number of nitrogens with zero attached hydrogens (tertiary/aromatic N) is 8. The zero-order valence-electron chi connectivity index (χ0n) is 24.8. The number of hydrogen-bond acceptors (Lipinski definition) is 22. The summed E-state index contributed by atoms with van der Waals surface area (Å²) < 4.78 is 57.5. The molecule has 7 aliphatic rings. The minimum atomic E-state index is -5.36. The minimum Gasteiger partial charge on any atom is -0.756 e. The van der Waals surface area contributed by atoms with E-state index >= 15 is 0 Å². The zero-order chi connectivity index (χ0) is 32.7. The third-order valence-electron chi connectivity index (χ3n) is 7.54. The Hall–Kier alpha value is -1.38. The van der Waals surface area contributed by atoms with Gasteiger partial charge in [0.2, 0.25) is 11.9 Å². The topological polar surface area (TPSA) is 343 Å². The fourth-order valence-electron chi connectivity index (χ4n) is 5.54. The van der Waals surface area contributed by atoms with Crippen molar-refractivity contribution >= 4 is 63.7 Å². The molecule has 0 aromatic carbocycles. The molecule has 0 aliphatic carbocycles. The van der Waals surface area contributed by atoms with Crippen molar-refractivity contribution in [2.45, 2.75) is 61.2 Å². The maximum atomic E-state index is 13.0. The zero-order valence-corrected chi connectivity index (χ0v) is 30.6. The molecule has 0 spiro atoms. The molecule has 3 saturated heterocycles. The van der Waals surface area contributed by atoms with Crippen molar-refractivity contribution in [3.8, 4) is 0 Å². The summed E-state index contributed by atoms with van der Waals surface area (Å²) in [6, 6.07) is -2.42. The molecule has 7 rings (SSSR count). The van der Waals surface area contributed by atoms with Crippen molar-refractivity contribution in [1.29, 1.82) is 0 Å². The van der Waals surface area contributed by atoms with Crippen LogP contribution in [0.2, 0.25) is 0 Å². The van der Waals surface area contributed by atoms with Gasteiger partial charge in [-0.15, -0.1) is 0 Å². The normalized spacial score (nSPS) is 43.7. The fourth-order valence-corrected chi connectivity index (χ4v) is 7.44. The van der Waals surface area contributed by atoms with E-state index in [4.69, 9.17) is 39.0 Å². The summed E-state index contributed by atoms with van der Waals surface area (Å²) in [5.41, 5.74) is 11.1. The largest absolute Gasteiger partial charge is 1.00 e. The monoisotopic (exact) mass is 734 g/mol. The minimum absolute atomic E-state index is 0. The Morgan fingerprint density at radius 1 is 0.729 bits per heavy atom. The van der Waals surface area contributed by atoms with E-state index in [2.05, 4.69) is 30.0 Å². The van der Waals surface area contributed by atoms with E-state index in [1.54, 1.807) is 0 Å². The van der Waals surface area contributed by atoms with Crippen LogP contribution in [0.25, 0.3) is 0 Å². The third kappa shape index (κ3) is 6.94. The second kappa shape index (κ2) is 14.0. The van der Waals surface area contributed by atoms with Gasteiger partial charge in [-0.05, 0) is 0 Å². The molecular formula is C20H22N10Na2O14P2. The van der Waals surface area contributed by atoms with Gasteiger partial charge in [0.1, 0.15) is 36.6 Å². The molecule has 0 saturated carbocycles. The van der Waals surface area contributed by atoms with E-state index in [-0.39, 0.29) is 70.8 Å². The van der Waals surface area contributed by atoms with E-state index in [0.717, 1.165) is 22.5 Å². The molecule has 0 radical (unpaired) electrons. The summed E-state index contributed by atoms with van der Waals surface area (Å²) in [4.78, 5) is 75.2. The van der Waals surface area contributed by atoms with E-state index in [9.17, 15) is 38.7 Å². The Morgan fingerprint density at radius 3 is 1.48 bits per heavy atom. The van der Waals surface area contributed by atoms with Crippen LogP contribution in [0.3, 0.4) is 0 Å². The molecule has 0 aromatic heterocycles. The van der Waals surface area contributed by atoms with Gasteiger partial charge in [0.15, 0.2) is 36.2 Å². The van der Waals surface area contributed by atoms with E-state index in [1.165, 1.54) is 0 Å². The molecule has 6 N–H and O–H groups in total. The van der Waals surface area contributed by atoms with Gasteiger partial charge in [0, 0.05) is 0 Å². The van der Waals surface area contributed by atoms with E-state index in [0.29, 0.717) is 0 Å². The van der Waals surface area contributed by atoms with Crippen molar-refractivity contribution in [3.63, 3.8) is 0 Å². The van der Waals surface area contributed by atoms with Gasteiger partial charge in [-0.25, -0.2) is 0 Å². The molecule has 48 heavy (non-hydrogen) atoms. The molecule has 248 valence electrons. The van der Waals surface area contributed by atoms with Gasteiger partial charge in [-0.1, -0.05) is 0 Å². The van der Waals surface area contributed by atoms with E-state index in [1.807, 2.05) is 0 Å². The standard InChI is InChI=1S/C20H24N10O14P2.2Na/c21-19-25-13-7(15(33)27-19)23-3-29(13)17-9(31)11-5(41-17)1-39-45(35,36)44-12-6(2-40-46(37,38)43-11)42-18(10(12)32)30-4-24-8-14(30)26-20(22)28-16(8)34;;/h3-12,17-18,31-32H,1-2H2,(H,35,36)(H,37,38)(H2,21,27,33)(H2,22,28,34);;/q;2*+1/p-2/t5-,6-,7?,8?,9-,10-,11-,12-,17-,18-;;/m1../s1. The van der Waals surface area contributed by atoms with Gasteiger partial charge in [-0.2, -0.15) is 20.0 Å².